The van der Waals surface area contributed by atoms with E-state index >= 15 is 0 Å². The van der Waals surface area contributed by atoms with Crippen LogP contribution in [0, 0.1) is 25.7 Å². The van der Waals surface area contributed by atoms with Gasteiger partial charge in [0, 0.05) is 49.4 Å². The lowest BCUT2D eigenvalue weighted by atomic mass is 9.95. The van der Waals surface area contributed by atoms with Crippen LogP contribution in [0.15, 0.2) is 24.3 Å². The highest BCUT2D eigenvalue weighted by molar-refractivity contribution is 5.95. The number of rotatable bonds is 8. The van der Waals surface area contributed by atoms with Crippen LogP contribution >= 0.6 is 0 Å². The van der Waals surface area contributed by atoms with E-state index in [9.17, 15) is 9.59 Å². The molecule has 0 unspecified atom stereocenters. The standard InChI is InChI=1S/C24H34N4O4/c1-16(15-28-18(3)10-17(2)26-28)14-25-23(29)19-6-8-27(9-7-19)24(30)20-11-21(31-4)13-22(12-20)32-5/h10-13,16,19H,6-9,14-15H2,1-5H3,(H,25,29)/t16-/m0/s1. The smallest absolute Gasteiger partial charge is 0.254 e. The van der Waals surface area contributed by atoms with Crippen molar-refractivity contribution in [3.63, 3.8) is 0 Å². The first-order chi connectivity index (χ1) is 15.3. The van der Waals surface area contributed by atoms with Crippen LogP contribution in [0.2, 0.25) is 0 Å². The molecule has 1 saturated heterocycles. The van der Waals surface area contributed by atoms with E-state index in [-0.39, 0.29) is 23.7 Å². The number of carbonyl (C=O) groups excluding carboxylic acids is 2. The van der Waals surface area contributed by atoms with Crippen molar-refractivity contribution in [2.45, 2.75) is 40.2 Å². The molecule has 2 amide bonds. The highest BCUT2D eigenvalue weighted by atomic mass is 16.5. The summed E-state index contributed by atoms with van der Waals surface area (Å²) in [5, 5.41) is 7.58. The van der Waals surface area contributed by atoms with E-state index in [4.69, 9.17) is 9.47 Å². The number of benzene rings is 1. The van der Waals surface area contributed by atoms with Gasteiger partial charge in [-0.05, 0) is 50.8 Å². The molecule has 0 spiro atoms. The van der Waals surface area contributed by atoms with E-state index in [0.29, 0.717) is 49.5 Å². The highest BCUT2D eigenvalue weighted by Crippen LogP contribution is 2.25. The molecule has 1 aliphatic heterocycles. The zero-order valence-electron chi connectivity index (χ0n) is 19.7. The SMILES string of the molecule is COc1cc(OC)cc(C(=O)N2CCC(C(=O)NC[C@H](C)Cn3nc(C)cc3C)CC2)c1. The number of ether oxygens (including phenoxy) is 2. The fourth-order valence-electron chi connectivity index (χ4n) is 4.10. The summed E-state index contributed by atoms with van der Waals surface area (Å²) < 4.78 is 12.5. The molecule has 1 N–H and O–H groups in total. The van der Waals surface area contributed by atoms with Gasteiger partial charge in [0.1, 0.15) is 11.5 Å². The first-order valence-corrected chi connectivity index (χ1v) is 11.1. The van der Waals surface area contributed by atoms with Crippen LogP contribution in [0.3, 0.4) is 0 Å². The Kier molecular flexibility index (Phi) is 7.77. The number of amides is 2. The van der Waals surface area contributed by atoms with Gasteiger partial charge in [-0.2, -0.15) is 5.10 Å². The van der Waals surface area contributed by atoms with Crippen molar-refractivity contribution in [2.24, 2.45) is 11.8 Å². The fourth-order valence-corrected chi connectivity index (χ4v) is 4.10. The number of nitrogens with zero attached hydrogens (tertiary/aromatic N) is 3. The van der Waals surface area contributed by atoms with Crippen molar-refractivity contribution >= 4 is 11.8 Å². The van der Waals surface area contributed by atoms with E-state index < -0.39 is 0 Å². The Balaban J connectivity index is 1.48. The molecule has 0 saturated carbocycles. The molecule has 3 rings (SSSR count). The molecular formula is C24H34N4O4. The number of hydrogen-bond donors (Lipinski definition) is 1. The predicted molar refractivity (Wildman–Crippen MR) is 122 cm³/mol. The van der Waals surface area contributed by atoms with Crippen LogP contribution < -0.4 is 14.8 Å². The minimum Gasteiger partial charge on any atom is -0.497 e. The maximum atomic E-state index is 12.9. The Hall–Kier alpha value is -3.03. The summed E-state index contributed by atoms with van der Waals surface area (Å²) >= 11 is 0. The number of methoxy groups -OCH3 is 2. The third-order valence-corrected chi connectivity index (χ3v) is 5.96. The van der Waals surface area contributed by atoms with Gasteiger partial charge >= 0.3 is 0 Å². The maximum absolute atomic E-state index is 12.9. The molecule has 2 heterocycles. The first kappa shape index (κ1) is 23.6. The third-order valence-electron chi connectivity index (χ3n) is 5.96. The van der Waals surface area contributed by atoms with E-state index in [1.165, 1.54) is 0 Å². The third kappa shape index (κ3) is 5.81. The summed E-state index contributed by atoms with van der Waals surface area (Å²) in [6.45, 7) is 8.63. The van der Waals surface area contributed by atoms with Crippen LogP contribution in [-0.2, 0) is 11.3 Å². The number of carbonyl (C=O) groups is 2. The second kappa shape index (κ2) is 10.5. The van der Waals surface area contributed by atoms with E-state index in [2.05, 4.69) is 23.4 Å². The quantitative estimate of drug-likeness (QED) is 0.680. The van der Waals surface area contributed by atoms with Crippen LogP contribution in [0.1, 0.15) is 41.5 Å². The molecule has 0 radical (unpaired) electrons. The first-order valence-electron chi connectivity index (χ1n) is 11.1. The number of hydrogen-bond acceptors (Lipinski definition) is 5. The fraction of sp³-hybridized carbons (Fsp3) is 0.542. The predicted octanol–water partition coefficient (Wildman–Crippen LogP) is 2.82. The normalized spacial score (nSPS) is 15.3. The Labute approximate surface area is 189 Å². The second-order valence-corrected chi connectivity index (χ2v) is 8.63. The van der Waals surface area contributed by atoms with Crippen LogP contribution in [0.4, 0.5) is 0 Å². The molecule has 174 valence electrons. The topological polar surface area (TPSA) is 85.7 Å². The number of nitrogens with one attached hydrogen (secondary N) is 1. The Morgan fingerprint density at radius 2 is 1.72 bits per heavy atom. The van der Waals surface area contributed by atoms with Crippen molar-refractivity contribution in [2.75, 3.05) is 33.9 Å². The van der Waals surface area contributed by atoms with Gasteiger partial charge < -0.3 is 19.7 Å². The molecule has 1 aromatic heterocycles. The molecule has 1 fully saturated rings. The largest absolute Gasteiger partial charge is 0.497 e. The molecule has 8 heteroatoms. The summed E-state index contributed by atoms with van der Waals surface area (Å²) in [5.74, 6) is 1.37. The Bertz CT molecular complexity index is 925. The van der Waals surface area contributed by atoms with Gasteiger partial charge in [-0.25, -0.2) is 0 Å². The molecule has 1 atom stereocenters. The lowest BCUT2D eigenvalue weighted by Crippen LogP contribution is -2.43. The summed E-state index contributed by atoms with van der Waals surface area (Å²) in [5.41, 5.74) is 2.67. The van der Waals surface area contributed by atoms with Crippen molar-refractivity contribution in [1.29, 1.82) is 0 Å². The molecule has 8 nitrogen and oxygen atoms in total. The van der Waals surface area contributed by atoms with Gasteiger partial charge in [0.25, 0.3) is 5.91 Å². The zero-order chi connectivity index (χ0) is 23.3. The number of piperidine rings is 1. The minimum absolute atomic E-state index is 0.0696. The minimum atomic E-state index is -0.0698. The average molecular weight is 443 g/mol. The number of likely N-dealkylation sites (tertiary alicyclic amines) is 1. The molecule has 32 heavy (non-hydrogen) atoms. The van der Waals surface area contributed by atoms with Crippen LogP contribution in [0.5, 0.6) is 11.5 Å². The van der Waals surface area contributed by atoms with Gasteiger partial charge in [0.15, 0.2) is 0 Å². The molecule has 0 bridgehead atoms. The van der Waals surface area contributed by atoms with Gasteiger partial charge in [0.05, 0.1) is 19.9 Å². The Morgan fingerprint density at radius 1 is 1.09 bits per heavy atom. The van der Waals surface area contributed by atoms with Crippen molar-refractivity contribution in [1.82, 2.24) is 20.0 Å². The summed E-state index contributed by atoms with van der Waals surface area (Å²) in [6.07, 6.45) is 1.31. The number of aromatic nitrogens is 2. The monoisotopic (exact) mass is 442 g/mol. The number of aryl methyl sites for hydroxylation is 2. The summed E-state index contributed by atoms with van der Waals surface area (Å²) in [4.78, 5) is 27.4. The maximum Gasteiger partial charge on any atom is 0.254 e. The van der Waals surface area contributed by atoms with Crippen molar-refractivity contribution < 1.29 is 19.1 Å². The zero-order valence-corrected chi connectivity index (χ0v) is 19.7. The van der Waals surface area contributed by atoms with E-state index in [0.717, 1.165) is 17.9 Å². The Morgan fingerprint density at radius 3 is 2.25 bits per heavy atom. The lowest BCUT2D eigenvalue weighted by Gasteiger charge is -2.31. The lowest BCUT2D eigenvalue weighted by molar-refractivity contribution is -0.126. The molecule has 2 aromatic rings. The molecule has 1 aromatic carbocycles. The molecular weight excluding hydrogens is 408 g/mol. The van der Waals surface area contributed by atoms with Gasteiger partial charge in [-0.3, -0.25) is 14.3 Å². The van der Waals surface area contributed by atoms with E-state index in [1.54, 1.807) is 37.3 Å². The van der Waals surface area contributed by atoms with Crippen molar-refractivity contribution in [3.8, 4) is 11.5 Å². The highest BCUT2D eigenvalue weighted by Gasteiger charge is 2.28. The van der Waals surface area contributed by atoms with Crippen LogP contribution in [0.25, 0.3) is 0 Å². The van der Waals surface area contributed by atoms with Gasteiger partial charge in [-0.15, -0.1) is 0 Å². The van der Waals surface area contributed by atoms with E-state index in [1.807, 2.05) is 18.5 Å². The van der Waals surface area contributed by atoms with Gasteiger partial charge in [0.2, 0.25) is 5.91 Å². The summed E-state index contributed by atoms with van der Waals surface area (Å²) in [7, 11) is 3.12. The average Bonchev–Trinajstić information content (AvgIpc) is 3.12. The van der Waals surface area contributed by atoms with Gasteiger partial charge in [-0.1, -0.05) is 6.92 Å². The second-order valence-electron chi connectivity index (χ2n) is 8.63. The van der Waals surface area contributed by atoms with Crippen molar-refractivity contribution in [3.05, 3.63) is 41.2 Å². The molecule has 0 aliphatic carbocycles. The molecule has 1 aliphatic rings. The summed E-state index contributed by atoms with van der Waals surface area (Å²) in [6, 6.07) is 7.23. The van der Waals surface area contributed by atoms with Crippen LogP contribution in [-0.4, -0.2) is 60.3 Å².